The second-order valence-corrected chi connectivity index (χ2v) is 5.32. The first-order chi connectivity index (χ1) is 8.44. The number of carbonyl (C=O) groups excluding carboxylic acids is 1. The normalized spacial score (nSPS) is 11.7. The molecule has 0 aliphatic carbocycles. The second-order valence-electron chi connectivity index (χ2n) is 5.32. The van der Waals surface area contributed by atoms with Crippen molar-refractivity contribution in [1.82, 2.24) is 15.5 Å². The van der Waals surface area contributed by atoms with E-state index in [4.69, 9.17) is 0 Å². The monoisotopic (exact) mass is 246 g/mol. The van der Waals surface area contributed by atoms with Crippen LogP contribution in [0.15, 0.2) is 24.4 Å². The summed E-state index contributed by atoms with van der Waals surface area (Å²) in [7, 11) is 0. The van der Waals surface area contributed by atoms with Gasteiger partial charge >= 0.3 is 0 Å². The summed E-state index contributed by atoms with van der Waals surface area (Å²) in [5, 5.41) is 13.8. The van der Waals surface area contributed by atoms with Gasteiger partial charge in [-0.2, -0.15) is 5.10 Å². The largest absolute Gasteiger partial charge is 0.325 e. The van der Waals surface area contributed by atoms with Gasteiger partial charge in [-0.1, -0.05) is 0 Å². The molecule has 0 spiro atoms. The average molecular weight is 246 g/mol. The maximum absolute atomic E-state index is 11.7. The minimum atomic E-state index is -0.0636. The SMILES string of the molecule is CC(C)(C)NCC(=O)Nc1ccc2[nH]ncc2c1. The van der Waals surface area contributed by atoms with Crippen molar-refractivity contribution >= 4 is 22.5 Å². The van der Waals surface area contributed by atoms with E-state index < -0.39 is 0 Å². The maximum Gasteiger partial charge on any atom is 0.238 e. The van der Waals surface area contributed by atoms with Crippen molar-refractivity contribution < 1.29 is 4.79 Å². The molecular formula is C13H18N4O. The summed E-state index contributed by atoms with van der Waals surface area (Å²) >= 11 is 0. The van der Waals surface area contributed by atoms with Crippen LogP contribution in [0, 0.1) is 0 Å². The average Bonchev–Trinajstić information content (AvgIpc) is 2.72. The summed E-state index contributed by atoms with van der Waals surface area (Å²) < 4.78 is 0. The van der Waals surface area contributed by atoms with Crippen molar-refractivity contribution in [1.29, 1.82) is 0 Å². The highest BCUT2D eigenvalue weighted by molar-refractivity contribution is 5.94. The summed E-state index contributed by atoms with van der Waals surface area (Å²) in [6.45, 7) is 6.38. The molecule has 0 saturated heterocycles. The fourth-order valence-electron chi connectivity index (χ4n) is 1.57. The van der Waals surface area contributed by atoms with Gasteiger partial charge in [0.05, 0.1) is 18.3 Å². The molecule has 0 aliphatic heterocycles. The van der Waals surface area contributed by atoms with Gasteiger partial charge in [-0.15, -0.1) is 0 Å². The Morgan fingerprint density at radius 3 is 2.89 bits per heavy atom. The molecule has 1 amide bonds. The minimum Gasteiger partial charge on any atom is -0.325 e. The molecule has 18 heavy (non-hydrogen) atoms. The molecule has 0 aliphatic rings. The van der Waals surface area contributed by atoms with Crippen LogP contribution in [0.2, 0.25) is 0 Å². The summed E-state index contributed by atoms with van der Waals surface area (Å²) in [4.78, 5) is 11.7. The third-order valence-corrected chi connectivity index (χ3v) is 2.50. The van der Waals surface area contributed by atoms with Gasteiger partial charge in [-0.3, -0.25) is 9.89 Å². The number of hydrogen-bond donors (Lipinski definition) is 3. The van der Waals surface area contributed by atoms with Crippen LogP contribution in [0.25, 0.3) is 10.9 Å². The zero-order valence-electron chi connectivity index (χ0n) is 10.9. The first-order valence-corrected chi connectivity index (χ1v) is 5.92. The fraction of sp³-hybridized carbons (Fsp3) is 0.385. The molecule has 0 saturated carbocycles. The maximum atomic E-state index is 11.7. The summed E-state index contributed by atoms with van der Waals surface area (Å²) in [6.07, 6.45) is 1.73. The number of carbonyl (C=O) groups is 1. The van der Waals surface area contributed by atoms with Crippen molar-refractivity contribution in [2.75, 3.05) is 11.9 Å². The van der Waals surface area contributed by atoms with Gasteiger partial charge < -0.3 is 10.6 Å². The van der Waals surface area contributed by atoms with Crippen LogP contribution in [0.3, 0.4) is 0 Å². The van der Waals surface area contributed by atoms with Crippen molar-refractivity contribution in [3.05, 3.63) is 24.4 Å². The number of fused-ring (bicyclic) bond motifs is 1. The van der Waals surface area contributed by atoms with E-state index in [-0.39, 0.29) is 11.4 Å². The van der Waals surface area contributed by atoms with Crippen LogP contribution in [0.1, 0.15) is 20.8 Å². The standard InChI is InChI=1S/C13H18N4O/c1-13(2,3)14-8-12(18)16-10-4-5-11-9(6-10)7-15-17-11/h4-7,14H,8H2,1-3H3,(H,15,17)(H,16,18). The van der Waals surface area contributed by atoms with E-state index in [1.165, 1.54) is 0 Å². The molecule has 3 N–H and O–H groups in total. The van der Waals surface area contributed by atoms with E-state index in [1.807, 2.05) is 39.0 Å². The number of benzene rings is 1. The molecule has 1 aromatic carbocycles. The number of nitrogens with zero attached hydrogens (tertiary/aromatic N) is 1. The quantitative estimate of drug-likeness (QED) is 0.774. The van der Waals surface area contributed by atoms with Gasteiger partial charge in [0.15, 0.2) is 0 Å². The Morgan fingerprint density at radius 2 is 2.17 bits per heavy atom. The van der Waals surface area contributed by atoms with Crippen LogP contribution in [-0.4, -0.2) is 28.2 Å². The summed E-state index contributed by atoms with van der Waals surface area (Å²) in [6, 6.07) is 5.65. The van der Waals surface area contributed by atoms with E-state index in [0.717, 1.165) is 16.6 Å². The van der Waals surface area contributed by atoms with E-state index in [2.05, 4.69) is 20.8 Å². The van der Waals surface area contributed by atoms with Crippen LogP contribution < -0.4 is 10.6 Å². The third kappa shape index (κ3) is 3.30. The first-order valence-electron chi connectivity index (χ1n) is 5.92. The Balaban J connectivity index is 1.98. The number of aromatic nitrogens is 2. The zero-order valence-corrected chi connectivity index (χ0v) is 10.9. The van der Waals surface area contributed by atoms with Gasteiger partial charge in [0.25, 0.3) is 0 Å². The molecular weight excluding hydrogens is 228 g/mol. The molecule has 0 fully saturated rings. The van der Waals surface area contributed by atoms with Gasteiger partial charge in [-0.25, -0.2) is 0 Å². The Hall–Kier alpha value is -1.88. The Bertz CT molecular complexity index is 553. The van der Waals surface area contributed by atoms with Crippen molar-refractivity contribution in [3.8, 4) is 0 Å². The predicted molar refractivity (Wildman–Crippen MR) is 72.5 cm³/mol. The van der Waals surface area contributed by atoms with Crippen LogP contribution in [-0.2, 0) is 4.79 Å². The van der Waals surface area contributed by atoms with E-state index >= 15 is 0 Å². The first kappa shape index (κ1) is 12.6. The summed E-state index contributed by atoms with van der Waals surface area (Å²) in [5.41, 5.74) is 1.68. The Labute approximate surface area is 106 Å². The summed E-state index contributed by atoms with van der Waals surface area (Å²) in [5.74, 6) is -0.0484. The lowest BCUT2D eigenvalue weighted by molar-refractivity contribution is -0.115. The van der Waals surface area contributed by atoms with Crippen LogP contribution in [0.5, 0.6) is 0 Å². The topological polar surface area (TPSA) is 69.8 Å². The number of H-pyrrole nitrogens is 1. The van der Waals surface area contributed by atoms with Crippen molar-refractivity contribution in [2.45, 2.75) is 26.3 Å². The molecule has 1 heterocycles. The van der Waals surface area contributed by atoms with E-state index in [1.54, 1.807) is 6.20 Å². The lowest BCUT2D eigenvalue weighted by Crippen LogP contribution is -2.41. The Morgan fingerprint density at radius 1 is 1.39 bits per heavy atom. The highest BCUT2D eigenvalue weighted by atomic mass is 16.1. The third-order valence-electron chi connectivity index (χ3n) is 2.50. The molecule has 0 radical (unpaired) electrons. The van der Waals surface area contributed by atoms with Crippen LogP contribution in [0.4, 0.5) is 5.69 Å². The lowest BCUT2D eigenvalue weighted by atomic mass is 10.1. The Kier molecular flexibility index (Phi) is 3.34. The van der Waals surface area contributed by atoms with E-state index in [9.17, 15) is 4.79 Å². The van der Waals surface area contributed by atoms with Gasteiger partial charge in [0.1, 0.15) is 0 Å². The molecule has 96 valence electrons. The van der Waals surface area contributed by atoms with Crippen molar-refractivity contribution in [3.63, 3.8) is 0 Å². The van der Waals surface area contributed by atoms with Crippen molar-refractivity contribution in [2.24, 2.45) is 0 Å². The number of nitrogens with one attached hydrogen (secondary N) is 3. The fourth-order valence-corrected chi connectivity index (χ4v) is 1.57. The molecule has 2 rings (SSSR count). The minimum absolute atomic E-state index is 0.0484. The molecule has 1 aromatic heterocycles. The molecule has 0 bridgehead atoms. The zero-order chi connectivity index (χ0) is 13.2. The van der Waals surface area contributed by atoms with Crippen LogP contribution >= 0.6 is 0 Å². The highest BCUT2D eigenvalue weighted by Gasteiger charge is 2.11. The second kappa shape index (κ2) is 4.78. The number of rotatable bonds is 3. The number of amides is 1. The van der Waals surface area contributed by atoms with Gasteiger partial charge in [0, 0.05) is 16.6 Å². The molecule has 5 nitrogen and oxygen atoms in total. The highest BCUT2D eigenvalue weighted by Crippen LogP contribution is 2.16. The predicted octanol–water partition coefficient (Wildman–Crippen LogP) is 1.89. The lowest BCUT2D eigenvalue weighted by Gasteiger charge is -2.20. The molecule has 2 aromatic rings. The molecule has 5 heteroatoms. The molecule has 0 atom stereocenters. The molecule has 0 unspecified atom stereocenters. The smallest absolute Gasteiger partial charge is 0.238 e. The number of hydrogen-bond acceptors (Lipinski definition) is 3. The van der Waals surface area contributed by atoms with E-state index in [0.29, 0.717) is 6.54 Å². The van der Waals surface area contributed by atoms with Gasteiger partial charge in [0.2, 0.25) is 5.91 Å². The van der Waals surface area contributed by atoms with Gasteiger partial charge in [-0.05, 0) is 39.0 Å². The number of aromatic amines is 1. The number of anilines is 1.